The smallest absolute Gasteiger partial charge is 0.261 e. The number of hydroxylamine groups is 1. The van der Waals surface area contributed by atoms with Crippen LogP contribution in [0.2, 0.25) is 0 Å². The molecule has 3 N–H and O–H groups in total. The molecule has 1 aromatic carbocycles. The highest BCUT2D eigenvalue weighted by Gasteiger charge is 2.28. The van der Waals surface area contributed by atoms with Gasteiger partial charge in [-0.1, -0.05) is 13.8 Å². The van der Waals surface area contributed by atoms with Crippen molar-refractivity contribution < 1.29 is 22.8 Å². The van der Waals surface area contributed by atoms with Crippen LogP contribution in [0.1, 0.15) is 13.8 Å². The number of sulfonamides is 1. The van der Waals surface area contributed by atoms with Gasteiger partial charge in [0, 0.05) is 0 Å². The van der Waals surface area contributed by atoms with Crippen molar-refractivity contribution in [1.29, 1.82) is 0 Å². The molecule has 0 fully saturated rings. The van der Waals surface area contributed by atoms with Gasteiger partial charge in [-0.3, -0.25) is 10.0 Å². The lowest BCUT2D eigenvalue weighted by atomic mass is 10.1. The van der Waals surface area contributed by atoms with Crippen molar-refractivity contribution in [3.8, 4) is 0 Å². The summed E-state index contributed by atoms with van der Waals surface area (Å²) < 4.78 is 38.9. The van der Waals surface area contributed by atoms with Crippen LogP contribution in [0.15, 0.2) is 29.2 Å². The first kappa shape index (κ1) is 15.5. The number of rotatable bonds is 5. The van der Waals surface area contributed by atoms with Crippen molar-refractivity contribution in [3.05, 3.63) is 30.1 Å². The molecule has 6 nitrogen and oxygen atoms in total. The van der Waals surface area contributed by atoms with E-state index in [-0.39, 0.29) is 10.8 Å². The molecule has 0 aromatic heterocycles. The molecule has 8 heteroatoms. The summed E-state index contributed by atoms with van der Waals surface area (Å²) in [5.74, 6) is -1.80. The van der Waals surface area contributed by atoms with E-state index in [0.29, 0.717) is 0 Å². The molecule has 106 valence electrons. The molecule has 0 aliphatic carbocycles. The lowest BCUT2D eigenvalue weighted by Crippen LogP contribution is -2.48. The molecule has 0 heterocycles. The van der Waals surface area contributed by atoms with Gasteiger partial charge in [0.2, 0.25) is 10.0 Å². The fourth-order valence-electron chi connectivity index (χ4n) is 1.41. The summed E-state index contributed by atoms with van der Waals surface area (Å²) in [7, 11) is -3.96. The highest BCUT2D eigenvalue weighted by molar-refractivity contribution is 7.89. The van der Waals surface area contributed by atoms with Crippen LogP contribution in [0.25, 0.3) is 0 Å². The van der Waals surface area contributed by atoms with E-state index in [1.54, 1.807) is 13.8 Å². The van der Waals surface area contributed by atoms with Crippen LogP contribution in [0.3, 0.4) is 0 Å². The quantitative estimate of drug-likeness (QED) is 0.547. The number of benzene rings is 1. The average molecular weight is 290 g/mol. The van der Waals surface area contributed by atoms with Crippen LogP contribution in [0.5, 0.6) is 0 Å². The molecular formula is C11H15FN2O4S. The molecule has 1 amide bonds. The molecule has 0 aliphatic heterocycles. The Bertz CT molecular complexity index is 542. The van der Waals surface area contributed by atoms with Gasteiger partial charge in [0.05, 0.1) is 4.90 Å². The number of hydrogen-bond donors (Lipinski definition) is 3. The minimum atomic E-state index is -3.96. The zero-order valence-electron chi connectivity index (χ0n) is 10.4. The minimum Gasteiger partial charge on any atom is -0.289 e. The number of hydrogen-bond acceptors (Lipinski definition) is 4. The van der Waals surface area contributed by atoms with Crippen LogP contribution in [0.4, 0.5) is 4.39 Å². The molecule has 0 spiro atoms. The fraction of sp³-hybridized carbons (Fsp3) is 0.364. The normalized spacial score (nSPS) is 13.3. The summed E-state index contributed by atoms with van der Waals surface area (Å²) in [6.07, 6.45) is 0. The van der Waals surface area contributed by atoms with Crippen molar-refractivity contribution in [1.82, 2.24) is 10.2 Å². The SMILES string of the molecule is CC(C)[C@@H](NS(=O)(=O)c1ccc(F)cc1)C(=O)NO. The maximum absolute atomic E-state index is 12.7. The van der Waals surface area contributed by atoms with E-state index in [1.165, 1.54) is 5.48 Å². The summed E-state index contributed by atoms with van der Waals surface area (Å²) in [5, 5.41) is 8.57. The van der Waals surface area contributed by atoms with Gasteiger partial charge < -0.3 is 0 Å². The predicted molar refractivity (Wildman–Crippen MR) is 65.3 cm³/mol. The molecule has 1 rings (SSSR count). The first-order valence-corrected chi connectivity index (χ1v) is 6.98. The third-order valence-electron chi connectivity index (χ3n) is 2.47. The second-order valence-electron chi connectivity index (χ2n) is 4.27. The van der Waals surface area contributed by atoms with Crippen molar-refractivity contribution in [3.63, 3.8) is 0 Å². The molecule has 0 radical (unpaired) electrons. The van der Waals surface area contributed by atoms with E-state index in [0.717, 1.165) is 24.3 Å². The number of carbonyl (C=O) groups excluding carboxylic acids is 1. The van der Waals surface area contributed by atoms with Gasteiger partial charge in [-0.25, -0.2) is 18.3 Å². The molecule has 0 unspecified atom stereocenters. The predicted octanol–water partition coefficient (Wildman–Crippen LogP) is 0.634. The monoisotopic (exact) mass is 290 g/mol. The van der Waals surface area contributed by atoms with Crippen molar-refractivity contribution in [2.75, 3.05) is 0 Å². The lowest BCUT2D eigenvalue weighted by Gasteiger charge is -2.20. The summed E-state index contributed by atoms with van der Waals surface area (Å²) in [6, 6.07) is 3.06. The first-order valence-electron chi connectivity index (χ1n) is 5.50. The Kier molecular flexibility index (Phi) is 4.98. The second kappa shape index (κ2) is 6.09. The summed E-state index contributed by atoms with van der Waals surface area (Å²) in [4.78, 5) is 11.2. The Balaban J connectivity index is 3.00. The van der Waals surface area contributed by atoms with Crippen LogP contribution >= 0.6 is 0 Å². The number of amides is 1. The molecule has 0 saturated carbocycles. The Morgan fingerprint density at radius 1 is 1.26 bits per heavy atom. The molecule has 0 aliphatic rings. The molecule has 0 saturated heterocycles. The topological polar surface area (TPSA) is 95.5 Å². The molecule has 1 aromatic rings. The van der Waals surface area contributed by atoms with E-state index in [2.05, 4.69) is 4.72 Å². The van der Waals surface area contributed by atoms with Gasteiger partial charge in [-0.05, 0) is 30.2 Å². The van der Waals surface area contributed by atoms with Crippen LogP contribution in [0, 0.1) is 11.7 Å². The first-order chi connectivity index (χ1) is 8.77. The fourth-order valence-corrected chi connectivity index (χ4v) is 2.75. The molecule has 1 atom stereocenters. The van der Waals surface area contributed by atoms with Crippen LogP contribution < -0.4 is 10.2 Å². The largest absolute Gasteiger partial charge is 0.289 e. The van der Waals surface area contributed by atoms with Gasteiger partial charge >= 0.3 is 0 Å². The van der Waals surface area contributed by atoms with Gasteiger partial charge in [0.15, 0.2) is 0 Å². The summed E-state index contributed by atoms with van der Waals surface area (Å²) in [6.45, 7) is 3.24. The number of nitrogens with one attached hydrogen (secondary N) is 2. The zero-order chi connectivity index (χ0) is 14.6. The van der Waals surface area contributed by atoms with Gasteiger partial charge in [0.1, 0.15) is 11.9 Å². The maximum atomic E-state index is 12.7. The van der Waals surface area contributed by atoms with E-state index in [4.69, 9.17) is 5.21 Å². The molecular weight excluding hydrogens is 275 g/mol. The molecule has 19 heavy (non-hydrogen) atoms. The lowest BCUT2D eigenvalue weighted by molar-refractivity contribution is -0.131. The Morgan fingerprint density at radius 3 is 2.21 bits per heavy atom. The second-order valence-corrected chi connectivity index (χ2v) is 5.99. The Hall–Kier alpha value is -1.51. The average Bonchev–Trinajstić information content (AvgIpc) is 2.35. The number of halogens is 1. The molecule has 0 bridgehead atoms. The third-order valence-corrected chi connectivity index (χ3v) is 3.92. The van der Waals surface area contributed by atoms with Gasteiger partial charge in [0.25, 0.3) is 5.91 Å². The minimum absolute atomic E-state index is 0.162. The Labute approximate surface area is 110 Å². The third kappa shape index (κ3) is 3.98. The van der Waals surface area contributed by atoms with E-state index >= 15 is 0 Å². The van der Waals surface area contributed by atoms with Gasteiger partial charge in [-0.15, -0.1) is 0 Å². The zero-order valence-corrected chi connectivity index (χ0v) is 11.2. The van der Waals surface area contributed by atoms with Crippen LogP contribution in [-0.4, -0.2) is 25.6 Å². The maximum Gasteiger partial charge on any atom is 0.261 e. The standard InChI is InChI=1S/C11H15FN2O4S/c1-7(2)10(11(15)13-16)14-19(17,18)9-5-3-8(12)4-6-9/h3-7,10,14,16H,1-2H3,(H,13,15)/t10-/m1/s1. The van der Waals surface area contributed by atoms with Crippen molar-refractivity contribution in [2.24, 2.45) is 5.92 Å². The van der Waals surface area contributed by atoms with Crippen molar-refractivity contribution in [2.45, 2.75) is 24.8 Å². The Morgan fingerprint density at radius 2 is 1.79 bits per heavy atom. The summed E-state index contributed by atoms with van der Waals surface area (Å²) >= 11 is 0. The van der Waals surface area contributed by atoms with E-state index < -0.39 is 27.8 Å². The summed E-state index contributed by atoms with van der Waals surface area (Å²) in [5.41, 5.74) is 1.40. The van der Waals surface area contributed by atoms with Crippen molar-refractivity contribution >= 4 is 15.9 Å². The highest BCUT2D eigenvalue weighted by atomic mass is 32.2. The van der Waals surface area contributed by atoms with Gasteiger partial charge in [-0.2, -0.15) is 4.72 Å². The van der Waals surface area contributed by atoms with Crippen LogP contribution in [-0.2, 0) is 14.8 Å². The highest BCUT2D eigenvalue weighted by Crippen LogP contribution is 2.12. The van der Waals surface area contributed by atoms with E-state index in [9.17, 15) is 17.6 Å². The van der Waals surface area contributed by atoms with E-state index in [1.807, 2.05) is 0 Å². The number of carbonyl (C=O) groups is 1.